The second-order valence-electron chi connectivity index (χ2n) is 3.93. The highest BCUT2D eigenvalue weighted by Gasteiger charge is 2.22. The third-order valence-corrected chi connectivity index (χ3v) is 2.83. The number of imidazole rings is 1. The van der Waals surface area contributed by atoms with Gasteiger partial charge in [0.25, 0.3) is 0 Å². The molecule has 1 aromatic rings. The molecular formula is C11H17N3O2. The third-order valence-electron chi connectivity index (χ3n) is 2.83. The van der Waals surface area contributed by atoms with Crippen LogP contribution in [0.4, 0.5) is 4.79 Å². The number of ether oxygens (including phenoxy) is 1. The van der Waals surface area contributed by atoms with Gasteiger partial charge in [-0.3, -0.25) is 4.57 Å². The molecule has 1 saturated heterocycles. The highest BCUT2D eigenvalue weighted by atomic mass is 16.5. The Bertz CT molecular complexity index is 331. The van der Waals surface area contributed by atoms with E-state index in [1.165, 1.54) is 10.9 Å². The molecule has 1 unspecified atom stereocenters. The fourth-order valence-corrected chi connectivity index (χ4v) is 1.91. The minimum atomic E-state index is -0.0319. The molecule has 1 aliphatic rings. The number of amides is 1. The standard InChI is InChI=1S/C11H17N3O2/c1-2-13(8-10-4-3-7-16-10)11(15)14-6-5-12-9-14/h5-6,9-10H,2-4,7-8H2,1H3. The van der Waals surface area contributed by atoms with Gasteiger partial charge in [-0.15, -0.1) is 0 Å². The van der Waals surface area contributed by atoms with E-state index >= 15 is 0 Å². The molecule has 1 fully saturated rings. The highest BCUT2D eigenvalue weighted by molar-refractivity contribution is 5.76. The lowest BCUT2D eigenvalue weighted by atomic mass is 10.2. The lowest BCUT2D eigenvalue weighted by Gasteiger charge is -2.23. The summed E-state index contributed by atoms with van der Waals surface area (Å²) < 4.78 is 7.03. The second-order valence-corrected chi connectivity index (χ2v) is 3.93. The number of aromatic nitrogens is 2. The van der Waals surface area contributed by atoms with Crippen LogP contribution in [0.5, 0.6) is 0 Å². The summed E-state index contributed by atoms with van der Waals surface area (Å²) in [4.78, 5) is 17.7. The maximum Gasteiger partial charge on any atom is 0.329 e. The first kappa shape index (κ1) is 11.1. The second kappa shape index (κ2) is 5.12. The lowest BCUT2D eigenvalue weighted by molar-refractivity contribution is 0.0829. The number of hydrogen-bond donors (Lipinski definition) is 0. The van der Waals surface area contributed by atoms with E-state index in [9.17, 15) is 4.79 Å². The fourth-order valence-electron chi connectivity index (χ4n) is 1.91. The minimum Gasteiger partial charge on any atom is -0.376 e. The summed E-state index contributed by atoms with van der Waals surface area (Å²) in [5, 5.41) is 0. The van der Waals surface area contributed by atoms with Crippen molar-refractivity contribution in [3.05, 3.63) is 18.7 Å². The molecule has 2 rings (SSSR count). The molecule has 0 aromatic carbocycles. The van der Waals surface area contributed by atoms with Crippen molar-refractivity contribution in [1.82, 2.24) is 14.5 Å². The Balaban J connectivity index is 1.96. The number of carbonyl (C=O) groups excluding carboxylic acids is 1. The first-order chi connectivity index (χ1) is 7.81. The van der Waals surface area contributed by atoms with E-state index in [1.54, 1.807) is 17.3 Å². The summed E-state index contributed by atoms with van der Waals surface area (Å²) in [7, 11) is 0. The van der Waals surface area contributed by atoms with E-state index in [-0.39, 0.29) is 12.1 Å². The van der Waals surface area contributed by atoms with Gasteiger partial charge in [-0.2, -0.15) is 0 Å². The van der Waals surface area contributed by atoms with Gasteiger partial charge in [0.15, 0.2) is 0 Å². The monoisotopic (exact) mass is 223 g/mol. The molecule has 0 radical (unpaired) electrons. The summed E-state index contributed by atoms with van der Waals surface area (Å²) in [6.45, 7) is 4.16. The summed E-state index contributed by atoms with van der Waals surface area (Å²) in [5.41, 5.74) is 0. The molecule has 0 spiro atoms. The molecule has 16 heavy (non-hydrogen) atoms. The average Bonchev–Trinajstić information content (AvgIpc) is 2.97. The molecule has 0 N–H and O–H groups in total. The highest BCUT2D eigenvalue weighted by Crippen LogP contribution is 2.13. The van der Waals surface area contributed by atoms with Gasteiger partial charge in [-0.1, -0.05) is 0 Å². The molecule has 0 bridgehead atoms. The summed E-state index contributed by atoms with van der Waals surface area (Å²) in [5.74, 6) is 0. The SMILES string of the molecule is CCN(CC1CCCO1)C(=O)n1ccnc1. The Morgan fingerprint density at radius 1 is 1.69 bits per heavy atom. The van der Waals surface area contributed by atoms with Gasteiger partial charge in [0.05, 0.1) is 6.10 Å². The predicted octanol–water partition coefficient (Wildman–Crippen LogP) is 1.35. The zero-order valence-corrected chi connectivity index (χ0v) is 9.50. The Kier molecular flexibility index (Phi) is 3.56. The summed E-state index contributed by atoms with van der Waals surface area (Å²) in [6.07, 6.45) is 7.15. The predicted molar refractivity (Wildman–Crippen MR) is 59.2 cm³/mol. The van der Waals surface area contributed by atoms with E-state index in [0.717, 1.165) is 19.4 Å². The maximum atomic E-state index is 12.0. The van der Waals surface area contributed by atoms with Crippen molar-refractivity contribution in [2.75, 3.05) is 19.7 Å². The zero-order chi connectivity index (χ0) is 11.4. The largest absolute Gasteiger partial charge is 0.376 e. The Hall–Kier alpha value is -1.36. The van der Waals surface area contributed by atoms with Crippen molar-refractivity contribution >= 4 is 6.03 Å². The molecule has 88 valence electrons. The molecule has 1 amide bonds. The summed E-state index contributed by atoms with van der Waals surface area (Å²) >= 11 is 0. The zero-order valence-electron chi connectivity index (χ0n) is 9.50. The molecular weight excluding hydrogens is 206 g/mol. The van der Waals surface area contributed by atoms with Crippen LogP contribution in [0.15, 0.2) is 18.7 Å². The number of nitrogens with zero attached hydrogens (tertiary/aromatic N) is 3. The number of rotatable bonds is 3. The van der Waals surface area contributed by atoms with Gasteiger partial charge >= 0.3 is 6.03 Å². The molecule has 0 aliphatic carbocycles. The van der Waals surface area contributed by atoms with Gasteiger partial charge in [-0.25, -0.2) is 9.78 Å². The normalized spacial score (nSPS) is 19.9. The average molecular weight is 223 g/mol. The number of hydrogen-bond acceptors (Lipinski definition) is 3. The Labute approximate surface area is 95.0 Å². The van der Waals surface area contributed by atoms with Crippen LogP contribution in [0.1, 0.15) is 19.8 Å². The van der Waals surface area contributed by atoms with E-state index in [0.29, 0.717) is 13.1 Å². The fraction of sp³-hybridized carbons (Fsp3) is 0.636. The molecule has 2 heterocycles. The van der Waals surface area contributed by atoms with Gasteiger partial charge < -0.3 is 9.64 Å². The number of likely N-dealkylation sites (N-methyl/N-ethyl adjacent to an activating group) is 1. The van der Waals surface area contributed by atoms with Gasteiger partial charge in [0.1, 0.15) is 6.33 Å². The van der Waals surface area contributed by atoms with Crippen molar-refractivity contribution < 1.29 is 9.53 Å². The van der Waals surface area contributed by atoms with Crippen LogP contribution in [0, 0.1) is 0 Å². The van der Waals surface area contributed by atoms with E-state index in [4.69, 9.17) is 4.74 Å². The quantitative estimate of drug-likeness (QED) is 0.777. The molecule has 5 heteroatoms. The van der Waals surface area contributed by atoms with Crippen LogP contribution in [-0.4, -0.2) is 46.3 Å². The van der Waals surface area contributed by atoms with Gasteiger partial charge in [0.2, 0.25) is 0 Å². The molecule has 1 atom stereocenters. The van der Waals surface area contributed by atoms with Crippen LogP contribution < -0.4 is 0 Å². The maximum absolute atomic E-state index is 12.0. The minimum absolute atomic E-state index is 0.0319. The molecule has 1 aliphatic heterocycles. The van der Waals surface area contributed by atoms with Crippen LogP contribution in [-0.2, 0) is 4.74 Å². The van der Waals surface area contributed by atoms with Crippen molar-refractivity contribution in [2.24, 2.45) is 0 Å². The molecule has 0 saturated carbocycles. The Morgan fingerprint density at radius 3 is 3.12 bits per heavy atom. The number of carbonyl (C=O) groups is 1. The van der Waals surface area contributed by atoms with Crippen LogP contribution in [0.3, 0.4) is 0 Å². The lowest BCUT2D eigenvalue weighted by Crippen LogP contribution is -2.39. The van der Waals surface area contributed by atoms with Gasteiger partial charge in [-0.05, 0) is 19.8 Å². The van der Waals surface area contributed by atoms with Crippen molar-refractivity contribution in [2.45, 2.75) is 25.9 Å². The summed E-state index contributed by atoms with van der Waals surface area (Å²) in [6, 6.07) is -0.0319. The van der Waals surface area contributed by atoms with Gasteiger partial charge in [0, 0.05) is 32.1 Å². The first-order valence-corrected chi connectivity index (χ1v) is 5.70. The van der Waals surface area contributed by atoms with E-state index in [1.807, 2.05) is 6.92 Å². The van der Waals surface area contributed by atoms with Crippen molar-refractivity contribution in [3.63, 3.8) is 0 Å². The molecule has 1 aromatic heterocycles. The van der Waals surface area contributed by atoms with E-state index in [2.05, 4.69) is 4.98 Å². The smallest absolute Gasteiger partial charge is 0.329 e. The van der Waals surface area contributed by atoms with E-state index < -0.39 is 0 Å². The first-order valence-electron chi connectivity index (χ1n) is 5.70. The third kappa shape index (κ3) is 2.41. The van der Waals surface area contributed by atoms with Crippen molar-refractivity contribution in [1.29, 1.82) is 0 Å². The topological polar surface area (TPSA) is 47.4 Å². The van der Waals surface area contributed by atoms with Crippen molar-refractivity contribution in [3.8, 4) is 0 Å². The van der Waals surface area contributed by atoms with Crippen LogP contribution >= 0.6 is 0 Å². The van der Waals surface area contributed by atoms with Crippen LogP contribution in [0.25, 0.3) is 0 Å². The Morgan fingerprint density at radius 2 is 2.56 bits per heavy atom. The molecule has 5 nitrogen and oxygen atoms in total. The van der Waals surface area contributed by atoms with Crippen LogP contribution in [0.2, 0.25) is 0 Å².